The maximum Gasteiger partial charge on any atom is 0.0907 e. The molecule has 5 heteroatoms. The summed E-state index contributed by atoms with van der Waals surface area (Å²) in [5.41, 5.74) is 0. The van der Waals surface area contributed by atoms with Gasteiger partial charge in [0, 0.05) is 13.1 Å². The lowest BCUT2D eigenvalue weighted by Crippen LogP contribution is -2.44. The van der Waals surface area contributed by atoms with E-state index in [1.807, 2.05) is 0 Å². The largest absolute Gasteiger partial charge is 0.330 e. The van der Waals surface area contributed by atoms with Crippen LogP contribution >= 0.6 is 34.0 Å². The van der Waals surface area contributed by atoms with E-state index in [1.165, 1.54) is 13.1 Å². The Morgan fingerprint density at radius 2 is 0.933 bits per heavy atom. The average Bonchev–Trinajstić information content (AvgIpc) is 1.81. The molecule has 0 saturated carbocycles. The molecule has 0 aliphatic carbocycles. The standard InChI is InChI=1S/C10H27N3.2BrH/c1-12(2,3)9-7-11-8-10-13(4,5)6;;/h11H,7-10H2,1-6H3;2*1H/q+2;;. The third-order valence-corrected chi connectivity index (χ3v) is 1.92. The molecule has 3 nitrogen and oxygen atoms in total. The number of quaternary nitrogens is 2. The van der Waals surface area contributed by atoms with Gasteiger partial charge >= 0.3 is 0 Å². The van der Waals surface area contributed by atoms with Gasteiger partial charge in [0.25, 0.3) is 0 Å². The van der Waals surface area contributed by atoms with Gasteiger partial charge < -0.3 is 14.3 Å². The van der Waals surface area contributed by atoms with Gasteiger partial charge in [-0.1, -0.05) is 0 Å². The first-order valence-corrected chi connectivity index (χ1v) is 5.02. The average molecular weight is 351 g/mol. The van der Waals surface area contributed by atoms with Gasteiger partial charge in [-0.3, -0.25) is 0 Å². The van der Waals surface area contributed by atoms with Crippen molar-refractivity contribution >= 4 is 34.0 Å². The molecule has 0 rings (SSSR count). The second-order valence-corrected chi connectivity index (χ2v) is 5.78. The fourth-order valence-corrected chi connectivity index (χ4v) is 0.954. The molecule has 0 bridgehead atoms. The molecule has 0 aliphatic rings. The van der Waals surface area contributed by atoms with Gasteiger partial charge in [-0.15, -0.1) is 34.0 Å². The van der Waals surface area contributed by atoms with Crippen molar-refractivity contribution in [2.45, 2.75) is 0 Å². The van der Waals surface area contributed by atoms with Gasteiger partial charge in [0.2, 0.25) is 0 Å². The summed E-state index contributed by atoms with van der Waals surface area (Å²) in [5, 5.41) is 3.47. The number of likely N-dealkylation sites (N-methyl/N-ethyl adjacent to an activating group) is 2. The van der Waals surface area contributed by atoms with Crippen molar-refractivity contribution < 1.29 is 8.97 Å². The van der Waals surface area contributed by atoms with Crippen molar-refractivity contribution in [3.05, 3.63) is 0 Å². The van der Waals surface area contributed by atoms with Gasteiger partial charge in [0.15, 0.2) is 0 Å². The molecule has 0 aromatic heterocycles. The number of hydrogen-bond donors (Lipinski definition) is 1. The summed E-state index contributed by atoms with van der Waals surface area (Å²) in [6.45, 7) is 4.61. The van der Waals surface area contributed by atoms with Gasteiger partial charge in [0.05, 0.1) is 55.4 Å². The molecule has 0 saturated heterocycles. The zero-order chi connectivity index (χ0) is 10.5. The number of hydrogen-bond acceptors (Lipinski definition) is 1. The van der Waals surface area contributed by atoms with E-state index in [2.05, 4.69) is 47.6 Å². The molecule has 0 aromatic rings. The summed E-state index contributed by atoms with van der Waals surface area (Å²) in [6, 6.07) is 0. The molecule has 1 N–H and O–H groups in total. The van der Waals surface area contributed by atoms with Crippen molar-refractivity contribution in [1.29, 1.82) is 0 Å². The van der Waals surface area contributed by atoms with E-state index >= 15 is 0 Å². The highest BCUT2D eigenvalue weighted by Gasteiger charge is 2.07. The van der Waals surface area contributed by atoms with E-state index in [0.29, 0.717) is 0 Å². The first-order valence-electron chi connectivity index (χ1n) is 5.02. The van der Waals surface area contributed by atoms with Crippen LogP contribution in [0.25, 0.3) is 0 Å². The van der Waals surface area contributed by atoms with E-state index in [4.69, 9.17) is 0 Å². The Bertz CT molecular complexity index is 123. The zero-order valence-electron chi connectivity index (χ0n) is 11.0. The van der Waals surface area contributed by atoms with Gasteiger partial charge in [0.1, 0.15) is 0 Å². The lowest BCUT2D eigenvalue weighted by molar-refractivity contribution is -0.871. The minimum Gasteiger partial charge on any atom is -0.330 e. The monoisotopic (exact) mass is 349 g/mol. The predicted molar refractivity (Wildman–Crippen MR) is 79.3 cm³/mol. The fraction of sp³-hybridized carbons (Fsp3) is 1.00. The minimum absolute atomic E-state index is 0. The smallest absolute Gasteiger partial charge is 0.0907 e. The SMILES string of the molecule is Br.Br.C[N+](C)(C)CCNCC[N+](C)(C)C. The van der Waals surface area contributed by atoms with Crippen LogP contribution in [0.1, 0.15) is 0 Å². The molecule has 0 aliphatic heterocycles. The molecule has 0 amide bonds. The molecule has 0 radical (unpaired) electrons. The summed E-state index contributed by atoms with van der Waals surface area (Å²) >= 11 is 0. The van der Waals surface area contributed by atoms with Gasteiger partial charge in [-0.2, -0.15) is 0 Å². The molecular formula is C10H29Br2N3+2. The predicted octanol–water partition coefficient (Wildman–Crippen LogP) is 1.14. The van der Waals surface area contributed by atoms with E-state index in [0.717, 1.165) is 22.1 Å². The number of rotatable bonds is 6. The van der Waals surface area contributed by atoms with Crippen LogP contribution in [0, 0.1) is 0 Å². The maximum absolute atomic E-state index is 3.47. The summed E-state index contributed by atoms with van der Waals surface area (Å²) in [6.07, 6.45) is 0. The molecular weight excluding hydrogens is 322 g/mol. The number of nitrogens with one attached hydrogen (secondary N) is 1. The Hall–Kier alpha value is 0.840. The molecule has 15 heavy (non-hydrogen) atoms. The van der Waals surface area contributed by atoms with Crippen LogP contribution in [0.3, 0.4) is 0 Å². The first-order chi connectivity index (χ1) is 5.71. The Morgan fingerprint density at radius 1 is 0.667 bits per heavy atom. The van der Waals surface area contributed by atoms with Crippen LogP contribution in [0.5, 0.6) is 0 Å². The number of halogens is 2. The van der Waals surface area contributed by atoms with Crippen LogP contribution < -0.4 is 5.32 Å². The summed E-state index contributed by atoms with van der Waals surface area (Å²) in [7, 11) is 13.3. The van der Waals surface area contributed by atoms with Crippen LogP contribution in [-0.2, 0) is 0 Å². The van der Waals surface area contributed by atoms with Gasteiger partial charge in [-0.05, 0) is 0 Å². The van der Waals surface area contributed by atoms with Crippen molar-refractivity contribution in [1.82, 2.24) is 5.32 Å². The highest BCUT2D eigenvalue weighted by atomic mass is 79.9. The second-order valence-electron chi connectivity index (χ2n) is 5.78. The molecule has 96 valence electrons. The highest BCUT2D eigenvalue weighted by Crippen LogP contribution is 1.88. The van der Waals surface area contributed by atoms with Crippen LogP contribution in [0.2, 0.25) is 0 Å². The van der Waals surface area contributed by atoms with Crippen LogP contribution in [-0.4, -0.2) is 77.4 Å². The van der Waals surface area contributed by atoms with Gasteiger partial charge in [-0.25, -0.2) is 0 Å². The molecule has 0 atom stereocenters. The highest BCUT2D eigenvalue weighted by molar-refractivity contribution is 8.93. The first kappa shape index (κ1) is 21.2. The Morgan fingerprint density at radius 3 is 1.13 bits per heavy atom. The van der Waals surface area contributed by atoms with Crippen LogP contribution in [0.15, 0.2) is 0 Å². The molecule has 0 spiro atoms. The van der Waals surface area contributed by atoms with Crippen LogP contribution in [0.4, 0.5) is 0 Å². The molecule has 0 heterocycles. The lowest BCUT2D eigenvalue weighted by Gasteiger charge is -2.26. The third-order valence-electron chi connectivity index (χ3n) is 1.92. The van der Waals surface area contributed by atoms with Crippen molar-refractivity contribution in [3.63, 3.8) is 0 Å². The Balaban J connectivity index is -0.000000720. The summed E-state index contributed by atoms with van der Waals surface area (Å²) < 4.78 is 2.08. The van der Waals surface area contributed by atoms with E-state index in [1.54, 1.807) is 0 Å². The number of nitrogens with zero attached hydrogens (tertiary/aromatic N) is 2. The summed E-state index contributed by atoms with van der Waals surface area (Å²) in [5.74, 6) is 0. The normalized spacial score (nSPS) is 11.6. The Labute approximate surface area is 117 Å². The lowest BCUT2D eigenvalue weighted by atomic mass is 10.4. The minimum atomic E-state index is 0. The molecule has 0 fully saturated rings. The molecule has 0 aromatic carbocycles. The fourth-order valence-electron chi connectivity index (χ4n) is 0.954. The second kappa shape index (κ2) is 8.93. The van der Waals surface area contributed by atoms with E-state index in [-0.39, 0.29) is 34.0 Å². The van der Waals surface area contributed by atoms with Crippen molar-refractivity contribution in [2.24, 2.45) is 0 Å². The zero-order valence-corrected chi connectivity index (χ0v) is 14.5. The maximum atomic E-state index is 3.47. The topological polar surface area (TPSA) is 12.0 Å². The van der Waals surface area contributed by atoms with E-state index < -0.39 is 0 Å². The third kappa shape index (κ3) is 20.8. The van der Waals surface area contributed by atoms with Crippen molar-refractivity contribution in [2.75, 3.05) is 68.5 Å². The summed E-state index contributed by atoms with van der Waals surface area (Å²) in [4.78, 5) is 0. The van der Waals surface area contributed by atoms with E-state index in [9.17, 15) is 0 Å². The Kier molecular flexibility index (Phi) is 12.6. The quantitative estimate of drug-likeness (QED) is 0.559. The van der Waals surface area contributed by atoms with Crippen molar-refractivity contribution in [3.8, 4) is 0 Å². The molecule has 0 unspecified atom stereocenters.